The van der Waals surface area contributed by atoms with Crippen molar-refractivity contribution in [3.05, 3.63) is 0 Å². The molecule has 0 aromatic heterocycles. The van der Waals surface area contributed by atoms with Gasteiger partial charge in [0.05, 0.1) is 17.7 Å². The summed E-state index contributed by atoms with van der Waals surface area (Å²) in [5, 5.41) is 0. The Balaban J connectivity index is 2.06. The van der Waals surface area contributed by atoms with E-state index in [2.05, 4.69) is 42.5 Å². The lowest BCUT2D eigenvalue weighted by atomic mass is 9.80. The zero-order valence-corrected chi connectivity index (χ0v) is 13.5. The second-order valence-corrected chi connectivity index (χ2v) is 6.61. The van der Waals surface area contributed by atoms with Crippen LogP contribution in [0.25, 0.3) is 0 Å². The van der Waals surface area contributed by atoms with Crippen molar-refractivity contribution >= 4 is 5.96 Å². The fourth-order valence-corrected chi connectivity index (χ4v) is 3.59. The van der Waals surface area contributed by atoms with Gasteiger partial charge >= 0.3 is 0 Å². The highest BCUT2D eigenvalue weighted by molar-refractivity contribution is 5.81. The Morgan fingerprint density at radius 2 is 2.05 bits per heavy atom. The number of likely N-dealkylation sites (N-methyl/N-ethyl adjacent to an activating group) is 1. The molecule has 1 atom stereocenters. The van der Waals surface area contributed by atoms with Crippen LogP contribution in [0.4, 0.5) is 0 Å². The maximum absolute atomic E-state index is 6.16. The third kappa shape index (κ3) is 3.09. The normalized spacial score (nSPS) is 29.2. The number of nitrogens with zero attached hydrogens (tertiary/aromatic N) is 3. The molecule has 0 saturated carbocycles. The van der Waals surface area contributed by atoms with E-state index < -0.39 is 0 Å². The minimum atomic E-state index is -0.0775. The molecule has 5 nitrogen and oxygen atoms in total. The minimum Gasteiger partial charge on any atom is -0.375 e. The van der Waals surface area contributed by atoms with Crippen LogP contribution in [0.1, 0.15) is 40.5 Å². The summed E-state index contributed by atoms with van der Waals surface area (Å²) >= 11 is 0. The van der Waals surface area contributed by atoms with Crippen LogP contribution in [0, 0.1) is 0 Å². The van der Waals surface area contributed by atoms with Crippen LogP contribution in [0.5, 0.6) is 0 Å². The number of hydrogen-bond donors (Lipinski definition) is 1. The van der Waals surface area contributed by atoms with Gasteiger partial charge in [0, 0.05) is 26.1 Å². The Kier molecular flexibility index (Phi) is 4.59. The molecule has 0 aromatic rings. The smallest absolute Gasteiger partial charge is 0.191 e. The number of nitrogens with two attached hydrogens (primary N) is 1. The number of rotatable bonds is 5. The Morgan fingerprint density at radius 3 is 2.65 bits per heavy atom. The van der Waals surface area contributed by atoms with E-state index >= 15 is 0 Å². The zero-order chi connectivity index (χ0) is 14.8. The van der Waals surface area contributed by atoms with Gasteiger partial charge in [0.1, 0.15) is 0 Å². The summed E-state index contributed by atoms with van der Waals surface area (Å²) in [4.78, 5) is 9.31. The molecular formula is C15H30N4O. The summed E-state index contributed by atoms with van der Waals surface area (Å²) in [6.45, 7) is 14.6. The molecule has 0 amide bonds. The quantitative estimate of drug-likeness (QED) is 0.825. The molecule has 0 radical (unpaired) electrons. The van der Waals surface area contributed by atoms with Crippen molar-refractivity contribution in [2.24, 2.45) is 10.7 Å². The Morgan fingerprint density at radius 1 is 1.35 bits per heavy atom. The van der Waals surface area contributed by atoms with Crippen molar-refractivity contribution in [3.8, 4) is 0 Å². The average Bonchev–Trinajstić information content (AvgIpc) is 2.67. The highest BCUT2D eigenvalue weighted by atomic mass is 16.5. The first-order chi connectivity index (χ1) is 9.42. The van der Waals surface area contributed by atoms with Crippen molar-refractivity contribution in [3.63, 3.8) is 0 Å². The standard InChI is InChI=1S/C15H30N4O/c1-5-18(6-2)8-9-19-13(16)17-12-15(19)7-10-20-14(3,4)11-15/h5-12H2,1-4H3,(H2,16,17). The van der Waals surface area contributed by atoms with Crippen LogP contribution in [0.3, 0.4) is 0 Å². The van der Waals surface area contributed by atoms with Crippen LogP contribution in [0.15, 0.2) is 4.99 Å². The first-order valence-corrected chi connectivity index (χ1v) is 7.86. The average molecular weight is 282 g/mol. The van der Waals surface area contributed by atoms with Gasteiger partial charge in [-0.2, -0.15) is 0 Å². The largest absolute Gasteiger partial charge is 0.375 e. The Labute approximate surface area is 123 Å². The third-order valence-electron chi connectivity index (χ3n) is 4.73. The zero-order valence-electron chi connectivity index (χ0n) is 13.5. The lowest BCUT2D eigenvalue weighted by molar-refractivity contribution is -0.102. The van der Waals surface area contributed by atoms with Crippen LogP contribution >= 0.6 is 0 Å². The summed E-state index contributed by atoms with van der Waals surface area (Å²) in [7, 11) is 0. The van der Waals surface area contributed by atoms with E-state index in [-0.39, 0.29) is 11.1 Å². The molecule has 1 spiro atoms. The SMILES string of the molecule is CCN(CC)CCN1C(N)=NCC12CCOC(C)(C)C2. The van der Waals surface area contributed by atoms with Crippen LogP contribution in [0.2, 0.25) is 0 Å². The summed E-state index contributed by atoms with van der Waals surface area (Å²) in [6.07, 6.45) is 2.03. The van der Waals surface area contributed by atoms with Crippen LogP contribution < -0.4 is 5.73 Å². The summed E-state index contributed by atoms with van der Waals surface area (Å²) in [5.74, 6) is 0.717. The van der Waals surface area contributed by atoms with Gasteiger partial charge in [0.15, 0.2) is 5.96 Å². The maximum atomic E-state index is 6.16. The van der Waals surface area contributed by atoms with Gasteiger partial charge in [-0.15, -0.1) is 0 Å². The van der Waals surface area contributed by atoms with Crippen LogP contribution in [-0.2, 0) is 4.74 Å². The highest BCUT2D eigenvalue weighted by Crippen LogP contribution is 2.38. The van der Waals surface area contributed by atoms with Gasteiger partial charge in [-0.3, -0.25) is 4.99 Å². The highest BCUT2D eigenvalue weighted by Gasteiger charge is 2.48. The van der Waals surface area contributed by atoms with Gasteiger partial charge in [-0.1, -0.05) is 13.8 Å². The molecular weight excluding hydrogens is 252 g/mol. The molecule has 1 fully saturated rings. The number of aliphatic imine (C=N–C) groups is 1. The molecule has 2 heterocycles. The first kappa shape index (κ1) is 15.6. The first-order valence-electron chi connectivity index (χ1n) is 7.86. The molecule has 2 rings (SSSR count). The van der Waals surface area contributed by atoms with Crippen molar-refractivity contribution < 1.29 is 4.74 Å². The molecule has 2 aliphatic heterocycles. The second kappa shape index (κ2) is 5.90. The van der Waals surface area contributed by atoms with Gasteiger partial charge in [-0.05, 0) is 33.4 Å². The predicted octanol–water partition coefficient (Wildman–Crippen LogP) is 1.29. The molecule has 116 valence electrons. The Hall–Kier alpha value is -0.810. The molecule has 2 N–H and O–H groups in total. The van der Waals surface area contributed by atoms with Crippen molar-refractivity contribution in [1.29, 1.82) is 0 Å². The lowest BCUT2D eigenvalue weighted by Gasteiger charge is -2.48. The van der Waals surface area contributed by atoms with Crippen molar-refractivity contribution in [2.45, 2.75) is 51.7 Å². The Bertz CT molecular complexity index is 365. The number of hydrogen-bond acceptors (Lipinski definition) is 5. The van der Waals surface area contributed by atoms with E-state index in [4.69, 9.17) is 10.5 Å². The molecule has 5 heteroatoms. The maximum Gasteiger partial charge on any atom is 0.191 e. The molecule has 1 saturated heterocycles. The molecule has 1 unspecified atom stereocenters. The van der Waals surface area contributed by atoms with Gasteiger partial charge in [-0.25, -0.2) is 0 Å². The van der Waals surface area contributed by atoms with Crippen molar-refractivity contribution in [2.75, 3.05) is 39.3 Å². The van der Waals surface area contributed by atoms with Gasteiger partial charge < -0.3 is 20.3 Å². The van der Waals surface area contributed by atoms with Crippen molar-refractivity contribution in [1.82, 2.24) is 9.80 Å². The van der Waals surface area contributed by atoms with E-state index in [0.29, 0.717) is 0 Å². The fraction of sp³-hybridized carbons (Fsp3) is 0.933. The molecule has 2 aliphatic rings. The van der Waals surface area contributed by atoms with E-state index in [1.54, 1.807) is 0 Å². The molecule has 0 bridgehead atoms. The summed E-state index contributed by atoms with van der Waals surface area (Å²) < 4.78 is 5.87. The summed E-state index contributed by atoms with van der Waals surface area (Å²) in [6, 6.07) is 0. The van der Waals surface area contributed by atoms with E-state index in [0.717, 1.165) is 58.1 Å². The number of guanidine groups is 1. The predicted molar refractivity (Wildman–Crippen MR) is 83.0 cm³/mol. The fourth-order valence-electron chi connectivity index (χ4n) is 3.59. The third-order valence-corrected chi connectivity index (χ3v) is 4.73. The number of ether oxygens (including phenoxy) is 1. The van der Waals surface area contributed by atoms with Gasteiger partial charge in [0.25, 0.3) is 0 Å². The summed E-state index contributed by atoms with van der Waals surface area (Å²) in [5.41, 5.74) is 6.16. The monoisotopic (exact) mass is 282 g/mol. The van der Waals surface area contributed by atoms with Gasteiger partial charge in [0.2, 0.25) is 0 Å². The molecule has 0 aromatic carbocycles. The second-order valence-electron chi connectivity index (χ2n) is 6.61. The van der Waals surface area contributed by atoms with Crippen LogP contribution in [-0.4, -0.2) is 66.2 Å². The molecule has 0 aliphatic carbocycles. The van der Waals surface area contributed by atoms with E-state index in [1.165, 1.54) is 0 Å². The van der Waals surface area contributed by atoms with E-state index in [1.807, 2.05) is 0 Å². The topological polar surface area (TPSA) is 54.1 Å². The van der Waals surface area contributed by atoms with E-state index in [9.17, 15) is 0 Å². The lowest BCUT2D eigenvalue weighted by Crippen LogP contribution is -2.59. The minimum absolute atomic E-state index is 0.0775. The molecule has 20 heavy (non-hydrogen) atoms.